The molecule has 0 atom stereocenters. The van der Waals surface area contributed by atoms with Crippen molar-refractivity contribution in [2.75, 3.05) is 44.2 Å². The van der Waals surface area contributed by atoms with E-state index < -0.39 is 0 Å². The van der Waals surface area contributed by atoms with Crippen LogP contribution < -0.4 is 9.64 Å². The highest BCUT2D eigenvalue weighted by molar-refractivity contribution is 5.79. The molecule has 2 fully saturated rings. The fraction of sp³-hybridized carbons (Fsp3) is 0.433. The van der Waals surface area contributed by atoms with E-state index in [1.54, 1.807) is 0 Å². The Hall–Kier alpha value is -3.45. The van der Waals surface area contributed by atoms with Gasteiger partial charge in [0.05, 0.1) is 12.1 Å². The van der Waals surface area contributed by atoms with E-state index >= 15 is 0 Å². The van der Waals surface area contributed by atoms with Gasteiger partial charge in [-0.2, -0.15) is 0 Å². The number of nitrogens with zero attached hydrogens (tertiary/aromatic N) is 5. The molecule has 1 saturated heterocycles. The van der Waals surface area contributed by atoms with Crippen LogP contribution in [0.4, 0.5) is 5.95 Å². The molecule has 6 rings (SSSR count). The number of anilines is 1. The molecule has 2 aliphatic heterocycles. The second-order valence-electron chi connectivity index (χ2n) is 10.4. The molecule has 7 heteroatoms. The summed E-state index contributed by atoms with van der Waals surface area (Å²) in [5.41, 5.74) is 3.27. The quantitative estimate of drug-likeness (QED) is 0.511. The van der Waals surface area contributed by atoms with Crippen LogP contribution in [0.2, 0.25) is 0 Å². The van der Waals surface area contributed by atoms with Crippen LogP contribution in [0.15, 0.2) is 60.8 Å². The minimum atomic E-state index is 0.157. The molecule has 1 aliphatic carbocycles. The number of fused-ring (bicyclic) bond motifs is 1. The smallest absolute Gasteiger partial charge is 0.227 e. The standard InChI is InChI=1S/C30H35N5O2/c36-29(21-23-9-11-27(12-10-23)37-26-7-2-1-3-8-26)34-15-13-24-22-31-30(32-28(24)14-16-34)35-19-17-33(18-20-35)25-5-4-6-25/h1-3,7-12,22,25H,4-6,13-21H2. The molecular formula is C30H35N5O2. The van der Waals surface area contributed by atoms with Gasteiger partial charge in [-0.05, 0) is 54.7 Å². The van der Waals surface area contributed by atoms with Crippen molar-refractivity contribution in [3.63, 3.8) is 0 Å². The maximum absolute atomic E-state index is 13.1. The average molecular weight is 498 g/mol. The Kier molecular flexibility index (Phi) is 7.04. The molecule has 0 N–H and O–H groups in total. The molecule has 0 radical (unpaired) electrons. The number of benzene rings is 2. The lowest BCUT2D eigenvalue weighted by Crippen LogP contribution is -2.52. The second-order valence-corrected chi connectivity index (χ2v) is 10.4. The summed E-state index contributed by atoms with van der Waals surface area (Å²) in [6, 6.07) is 18.3. The lowest BCUT2D eigenvalue weighted by atomic mass is 9.91. The number of ether oxygens (including phenoxy) is 1. The fourth-order valence-electron chi connectivity index (χ4n) is 5.49. The summed E-state index contributed by atoms with van der Waals surface area (Å²) in [7, 11) is 0. The molecule has 3 heterocycles. The number of para-hydroxylation sites is 1. The van der Waals surface area contributed by atoms with Gasteiger partial charge in [-0.15, -0.1) is 0 Å². The van der Waals surface area contributed by atoms with Crippen molar-refractivity contribution in [3.8, 4) is 11.5 Å². The molecule has 0 spiro atoms. The second kappa shape index (κ2) is 10.9. The maximum atomic E-state index is 13.1. The van der Waals surface area contributed by atoms with Crippen LogP contribution in [-0.2, 0) is 24.1 Å². The normalized spacial score (nSPS) is 18.6. The van der Waals surface area contributed by atoms with Gasteiger partial charge in [0.2, 0.25) is 11.9 Å². The predicted molar refractivity (Wildman–Crippen MR) is 144 cm³/mol. The minimum absolute atomic E-state index is 0.157. The van der Waals surface area contributed by atoms with Crippen molar-refractivity contribution in [1.82, 2.24) is 19.8 Å². The summed E-state index contributed by atoms with van der Waals surface area (Å²) < 4.78 is 5.87. The Morgan fingerprint density at radius 2 is 1.59 bits per heavy atom. The molecular weight excluding hydrogens is 462 g/mol. The topological polar surface area (TPSA) is 61.8 Å². The Balaban J connectivity index is 1.03. The van der Waals surface area contributed by atoms with E-state index in [0.717, 1.165) is 73.8 Å². The van der Waals surface area contributed by atoms with Gasteiger partial charge in [0.25, 0.3) is 0 Å². The number of hydrogen-bond acceptors (Lipinski definition) is 6. The number of carbonyl (C=O) groups excluding carboxylic acids is 1. The third-order valence-electron chi connectivity index (χ3n) is 8.01. The van der Waals surface area contributed by atoms with Crippen molar-refractivity contribution >= 4 is 11.9 Å². The summed E-state index contributed by atoms with van der Waals surface area (Å²) in [6.07, 6.45) is 8.08. The van der Waals surface area contributed by atoms with Gasteiger partial charge in [-0.25, -0.2) is 9.97 Å². The maximum Gasteiger partial charge on any atom is 0.227 e. The number of hydrogen-bond donors (Lipinski definition) is 0. The van der Waals surface area contributed by atoms with Crippen molar-refractivity contribution in [3.05, 3.63) is 77.6 Å². The summed E-state index contributed by atoms with van der Waals surface area (Å²) in [5.74, 6) is 2.58. The van der Waals surface area contributed by atoms with Gasteiger partial charge in [-0.1, -0.05) is 36.8 Å². The lowest BCUT2D eigenvalue weighted by Gasteiger charge is -2.43. The molecule has 1 amide bonds. The van der Waals surface area contributed by atoms with E-state index in [0.29, 0.717) is 19.5 Å². The first kappa shape index (κ1) is 23.9. The molecule has 0 unspecified atom stereocenters. The van der Waals surface area contributed by atoms with Crippen LogP contribution in [0, 0.1) is 0 Å². The first-order valence-electron chi connectivity index (χ1n) is 13.6. The van der Waals surface area contributed by atoms with Gasteiger partial charge in [0.15, 0.2) is 0 Å². The zero-order valence-electron chi connectivity index (χ0n) is 21.4. The van der Waals surface area contributed by atoms with E-state index in [4.69, 9.17) is 14.7 Å². The number of piperazine rings is 1. The lowest BCUT2D eigenvalue weighted by molar-refractivity contribution is -0.130. The Morgan fingerprint density at radius 3 is 2.32 bits per heavy atom. The predicted octanol–water partition coefficient (Wildman–Crippen LogP) is 4.11. The zero-order chi connectivity index (χ0) is 25.0. The van der Waals surface area contributed by atoms with Gasteiger partial charge >= 0.3 is 0 Å². The first-order chi connectivity index (χ1) is 18.2. The van der Waals surface area contributed by atoms with Crippen LogP contribution in [0.1, 0.15) is 36.1 Å². The molecule has 1 aromatic heterocycles. The molecule has 1 saturated carbocycles. The van der Waals surface area contributed by atoms with Crippen LogP contribution in [0.5, 0.6) is 11.5 Å². The molecule has 3 aliphatic rings. The number of carbonyl (C=O) groups is 1. The minimum Gasteiger partial charge on any atom is -0.457 e. The molecule has 7 nitrogen and oxygen atoms in total. The van der Waals surface area contributed by atoms with Crippen LogP contribution >= 0.6 is 0 Å². The summed E-state index contributed by atoms with van der Waals surface area (Å²) in [4.78, 5) is 29.8. The SMILES string of the molecule is O=C(Cc1ccc(Oc2ccccc2)cc1)N1CCc2cnc(N3CCN(C4CCC4)CC3)nc2CC1. The monoisotopic (exact) mass is 497 g/mol. The molecule has 192 valence electrons. The summed E-state index contributed by atoms with van der Waals surface area (Å²) >= 11 is 0. The van der Waals surface area contributed by atoms with E-state index in [1.807, 2.05) is 65.7 Å². The molecule has 0 bridgehead atoms. The highest BCUT2D eigenvalue weighted by atomic mass is 16.5. The fourth-order valence-corrected chi connectivity index (χ4v) is 5.49. The third-order valence-corrected chi connectivity index (χ3v) is 8.01. The van der Waals surface area contributed by atoms with Crippen LogP contribution in [0.25, 0.3) is 0 Å². The third kappa shape index (κ3) is 5.62. The summed E-state index contributed by atoms with van der Waals surface area (Å²) in [5, 5.41) is 0. The molecule has 3 aromatic rings. The van der Waals surface area contributed by atoms with E-state index in [9.17, 15) is 4.79 Å². The molecule has 2 aromatic carbocycles. The Morgan fingerprint density at radius 1 is 0.865 bits per heavy atom. The largest absolute Gasteiger partial charge is 0.457 e. The van der Waals surface area contributed by atoms with Gasteiger partial charge in [0, 0.05) is 57.9 Å². The van der Waals surface area contributed by atoms with Gasteiger partial charge in [0.1, 0.15) is 11.5 Å². The zero-order valence-corrected chi connectivity index (χ0v) is 21.4. The molecule has 37 heavy (non-hydrogen) atoms. The number of aromatic nitrogens is 2. The van der Waals surface area contributed by atoms with E-state index in [1.165, 1.54) is 24.8 Å². The van der Waals surface area contributed by atoms with E-state index in [-0.39, 0.29) is 5.91 Å². The number of amides is 1. The Labute approximate surface area is 219 Å². The van der Waals surface area contributed by atoms with Gasteiger partial charge in [-0.3, -0.25) is 9.69 Å². The van der Waals surface area contributed by atoms with Gasteiger partial charge < -0.3 is 14.5 Å². The summed E-state index contributed by atoms with van der Waals surface area (Å²) in [6.45, 7) is 5.61. The van der Waals surface area contributed by atoms with Crippen molar-refractivity contribution in [2.45, 2.75) is 44.6 Å². The van der Waals surface area contributed by atoms with Crippen molar-refractivity contribution in [1.29, 1.82) is 0 Å². The van der Waals surface area contributed by atoms with Crippen molar-refractivity contribution < 1.29 is 9.53 Å². The Bertz CT molecular complexity index is 1200. The van der Waals surface area contributed by atoms with E-state index in [2.05, 4.69) is 9.80 Å². The van der Waals surface area contributed by atoms with Crippen LogP contribution in [0.3, 0.4) is 0 Å². The number of rotatable bonds is 6. The first-order valence-corrected chi connectivity index (χ1v) is 13.6. The van der Waals surface area contributed by atoms with Crippen molar-refractivity contribution in [2.24, 2.45) is 0 Å². The highest BCUT2D eigenvalue weighted by Crippen LogP contribution is 2.27. The average Bonchev–Trinajstić information content (AvgIpc) is 3.12. The highest BCUT2D eigenvalue weighted by Gasteiger charge is 2.29. The van der Waals surface area contributed by atoms with Crippen LogP contribution in [-0.4, -0.2) is 71.0 Å².